The number of halogens is 1. The van der Waals surface area contributed by atoms with Crippen LogP contribution in [0.4, 0.5) is 0 Å². The van der Waals surface area contributed by atoms with Gasteiger partial charge in [0, 0.05) is 18.1 Å². The van der Waals surface area contributed by atoms with Crippen molar-refractivity contribution in [2.75, 3.05) is 26.8 Å². The molecule has 4 nitrogen and oxygen atoms in total. The maximum absolute atomic E-state index is 5.90. The van der Waals surface area contributed by atoms with Gasteiger partial charge >= 0.3 is 0 Å². The summed E-state index contributed by atoms with van der Waals surface area (Å²) in [7, 11) is 1.69. The van der Waals surface area contributed by atoms with E-state index in [0.717, 1.165) is 11.0 Å². The lowest BCUT2D eigenvalue weighted by molar-refractivity contribution is 0.166. The van der Waals surface area contributed by atoms with Gasteiger partial charge in [0.05, 0.1) is 19.2 Å². The first-order valence-corrected chi connectivity index (χ1v) is 6.33. The third-order valence-electron chi connectivity index (χ3n) is 2.90. The van der Waals surface area contributed by atoms with Crippen molar-refractivity contribution in [1.82, 2.24) is 4.90 Å². The van der Waals surface area contributed by atoms with Crippen molar-refractivity contribution < 1.29 is 4.74 Å². The number of hydrogen-bond donors (Lipinski definition) is 1. The van der Waals surface area contributed by atoms with E-state index in [1.165, 1.54) is 5.56 Å². The predicted octanol–water partition coefficient (Wildman–Crippen LogP) is 1.77. The van der Waals surface area contributed by atoms with Gasteiger partial charge in [-0.2, -0.15) is 0 Å². The molecule has 1 aliphatic rings. The van der Waals surface area contributed by atoms with Gasteiger partial charge in [0.15, 0.2) is 5.96 Å². The van der Waals surface area contributed by atoms with E-state index in [1.54, 1.807) is 7.11 Å². The molecule has 1 atom stereocenters. The molecule has 92 valence electrons. The molecule has 1 aromatic carbocycles. The first-order chi connectivity index (χ1) is 8.24. The molecule has 0 radical (unpaired) electrons. The molecule has 1 unspecified atom stereocenters. The molecule has 0 bridgehead atoms. The zero-order valence-electron chi connectivity index (χ0n) is 9.77. The standard InChI is InChI=1S/C12H16BrN3O/c1-17-7-6-16-11(8-15-12(16)14)9-4-2-3-5-10(9)13/h2-5,11H,6-8H2,1H3,(H2,14,15). The molecule has 1 heterocycles. The Bertz CT molecular complexity index is 422. The van der Waals surface area contributed by atoms with Gasteiger partial charge in [-0.1, -0.05) is 34.1 Å². The molecular weight excluding hydrogens is 282 g/mol. The van der Waals surface area contributed by atoms with Crippen molar-refractivity contribution in [3.05, 3.63) is 34.3 Å². The van der Waals surface area contributed by atoms with Gasteiger partial charge in [0.2, 0.25) is 0 Å². The van der Waals surface area contributed by atoms with Crippen LogP contribution in [0.1, 0.15) is 11.6 Å². The minimum Gasteiger partial charge on any atom is -0.383 e. The summed E-state index contributed by atoms with van der Waals surface area (Å²) in [5, 5.41) is 0. The van der Waals surface area contributed by atoms with E-state index in [0.29, 0.717) is 19.1 Å². The Balaban J connectivity index is 2.18. The van der Waals surface area contributed by atoms with Crippen LogP contribution in [0.3, 0.4) is 0 Å². The van der Waals surface area contributed by atoms with Gasteiger partial charge in [0.25, 0.3) is 0 Å². The van der Waals surface area contributed by atoms with Crippen LogP contribution >= 0.6 is 15.9 Å². The van der Waals surface area contributed by atoms with Crippen LogP contribution in [0.5, 0.6) is 0 Å². The van der Waals surface area contributed by atoms with Crippen LogP contribution in [-0.2, 0) is 4.74 Å². The number of nitrogens with two attached hydrogens (primary N) is 1. The summed E-state index contributed by atoms with van der Waals surface area (Å²) in [6, 6.07) is 8.39. The van der Waals surface area contributed by atoms with Crippen LogP contribution in [0, 0.1) is 0 Å². The Morgan fingerprint density at radius 1 is 1.53 bits per heavy atom. The topological polar surface area (TPSA) is 50.9 Å². The Morgan fingerprint density at radius 2 is 2.29 bits per heavy atom. The monoisotopic (exact) mass is 297 g/mol. The molecule has 0 fully saturated rings. The lowest BCUT2D eigenvalue weighted by Crippen LogP contribution is -2.38. The zero-order valence-corrected chi connectivity index (χ0v) is 11.4. The summed E-state index contributed by atoms with van der Waals surface area (Å²) in [4.78, 5) is 6.40. The molecule has 1 aliphatic heterocycles. The average molecular weight is 298 g/mol. The molecular formula is C12H16BrN3O. The molecule has 5 heteroatoms. The highest BCUT2D eigenvalue weighted by Crippen LogP contribution is 2.30. The first kappa shape index (κ1) is 12.4. The van der Waals surface area contributed by atoms with Gasteiger partial charge in [-0.3, -0.25) is 4.99 Å². The van der Waals surface area contributed by atoms with Crippen LogP contribution in [0.15, 0.2) is 33.7 Å². The van der Waals surface area contributed by atoms with Gasteiger partial charge in [-0.05, 0) is 11.6 Å². The van der Waals surface area contributed by atoms with Crippen LogP contribution in [-0.4, -0.2) is 37.7 Å². The number of benzene rings is 1. The molecule has 0 aliphatic carbocycles. The number of methoxy groups -OCH3 is 1. The van der Waals surface area contributed by atoms with Crippen LogP contribution in [0.2, 0.25) is 0 Å². The highest BCUT2D eigenvalue weighted by atomic mass is 79.9. The van der Waals surface area contributed by atoms with Crippen LogP contribution < -0.4 is 5.73 Å². The number of guanidine groups is 1. The minimum atomic E-state index is 0.209. The summed E-state index contributed by atoms with van der Waals surface area (Å²) in [5.74, 6) is 0.600. The lowest BCUT2D eigenvalue weighted by Gasteiger charge is -2.26. The first-order valence-electron chi connectivity index (χ1n) is 5.54. The van der Waals surface area contributed by atoms with Crippen molar-refractivity contribution in [1.29, 1.82) is 0 Å². The lowest BCUT2D eigenvalue weighted by atomic mass is 10.1. The molecule has 0 saturated carbocycles. The maximum atomic E-state index is 5.90. The zero-order chi connectivity index (χ0) is 12.3. The molecule has 2 rings (SSSR count). The smallest absolute Gasteiger partial charge is 0.192 e. The van der Waals surface area contributed by atoms with E-state index in [1.807, 2.05) is 18.2 Å². The molecule has 0 amide bonds. The number of rotatable bonds is 4. The molecule has 2 N–H and O–H groups in total. The van der Waals surface area contributed by atoms with E-state index in [-0.39, 0.29) is 6.04 Å². The second kappa shape index (κ2) is 5.51. The fourth-order valence-corrected chi connectivity index (χ4v) is 2.55. The molecule has 0 spiro atoms. The highest BCUT2D eigenvalue weighted by molar-refractivity contribution is 9.10. The fraction of sp³-hybridized carbons (Fsp3) is 0.417. The number of nitrogens with zero attached hydrogens (tertiary/aromatic N) is 2. The van der Waals surface area contributed by atoms with Crippen molar-refractivity contribution in [2.24, 2.45) is 10.7 Å². The summed E-state index contributed by atoms with van der Waals surface area (Å²) in [6.07, 6.45) is 0. The van der Waals surface area contributed by atoms with Crippen molar-refractivity contribution in [3.8, 4) is 0 Å². The summed E-state index contributed by atoms with van der Waals surface area (Å²) < 4.78 is 6.20. The molecule has 17 heavy (non-hydrogen) atoms. The molecule has 0 saturated heterocycles. The van der Waals surface area contributed by atoms with Gasteiger partial charge in [-0.15, -0.1) is 0 Å². The van der Waals surface area contributed by atoms with E-state index in [2.05, 4.69) is 31.9 Å². The Labute approximate surface area is 110 Å². The molecule has 1 aromatic rings. The van der Waals surface area contributed by atoms with E-state index >= 15 is 0 Å². The largest absolute Gasteiger partial charge is 0.383 e. The summed E-state index contributed by atoms with van der Waals surface area (Å²) in [5.41, 5.74) is 7.12. The number of ether oxygens (including phenoxy) is 1. The summed E-state index contributed by atoms with van der Waals surface area (Å²) >= 11 is 3.57. The van der Waals surface area contributed by atoms with Gasteiger partial charge in [-0.25, -0.2) is 0 Å². The second-order valence-corrected chi connectivity index (χ2v) is 4.78. The predicted molar refractivity (Wildman–Crippen MR) is 72.0 cm³/mol. The quantitative estimate of drug-likeness (QED) is 0.921. The molecule has 0 aromatic heterocycles. The van der Waals surface area contributed by atoms with Gasteiger partial charge in [0.1, 0.15) is 0 Å². The van der Waals surface area contributed by atoms with E-state index in [4.69, 9.17) is 10.5 Å². The Hall–Kier alpha value is -1.07. The fourth-order valence-electron chi connectivity index (χ4n) is 2.00. The summed E-state index contributed by atoms with van der Waals surface area (Å²) in [6.45, 7) is 2.12. The van der Waals surface area contributed by atoms with Crippen molar-refractivity contribution in [3.63, 3.8) is 0 Å². The average Bonchev–Trinajstić information content (AvgIpc) is 2.69. The Morgan fingerprint density at radius 3 is 3.00 bits per heavy atom. The van der Waals surface area contributed by atoms with E-state index in [9.17, 15) is 0 Å². The van der Waals surface area contributed by atoms with Crippen molar-refractivity contribution >= 4 is 21.9 Å². The number of aliphatic imine (C=N–C) groups is 1. The minimum absolute atomic E-state index is 0.209. The van der Waals surface area contributed by atoms with Crippen molar-refractivity contribution in [2.45, 2.75) is 6.04 Å². The third-order valence-corrected chi connectivity index (χ3v) is 3.62. The maximum Gasteiger partial charge on any atom is 0.192 e. The van der Waals surface area contributed by atoms with Gasteiger partial charge < -0.3 is 15.4 Å². The highest BCUT2D eigenvalue weighted by Gasteiger charge is 2.28. The van der Waals surface area contributed by atoms with E-state index < -0.39 is 0 Å². The van der Waals surface area contributed by atoms with Crippen LogP contribution in [0.25, 0.3) is 0 Å². The SMILES string of the molecule is COCCN1C(N)=NCC1c1ccccc1Br. The Kier molecular flexibility index (Phi) is 4.02. The normalized spacial score (nSPS) is 19.5. The number of hydrogen-bond acceptors (Lipinski definition) is 4. The third kappa shape index (κ3) is 2.61. The second-order valence-electron chi connectivity index (χ2n) is 3.92.